The summed E-state index contributed by atoms with van der Waals surface area (Å²) in [5, 5.41) is 14.3. The first-order valence-electron chi connectivity index (χ1n) is 3.43. The largest absolute Gasteiger partial charge is 0.396 e. The molecule has 0 aliphatic heterocycles. The van der Waals surface area contributed by atoms with Gasteiger partial charge in [-0.15, -0.1) is 0 Å². The molecule has 0 bridgehead atoms. The van der Waals surface area contributed by atoms with Gasteiger partial charge in [-0.2, -0.15) is 5.26 Å². The van der Waals surface area contributed by atoms with Crippen LogP contribution in [0.15, 0.2) is 5.16 Å². The van der Waals surface area contributed by atoms with Gasteiger partial charge in [-0.3, -0.25) is 0 Å². The van der Waals surface area contributed by atoms with E-state index in [2.05, 4.69) is 5.16 Å². The van der Waals surface area contributed by atoms with E-state index in [4.69, 9.17) is 10.1 Å². The Morgan fingerprint density at radius 3 is 2.91 bits per heavy atom. The molecule has 0 heterocycles. The summed E-state index contributed by atoms with van der Waals surface area (Å²) < 4.78 is 0. The van der Waals surface area contributed by atoms with Gasteiger partial charge in [-0.1, -0.05) is 5.16 Å². The van der Waals surface area contributed by atoms with E-state index in [1.807, 2.05) is 26.2 Å². The molecule has 0 radical (unpaired) electrons. The normalized spacial score (nSPS) is 13.8. The third-order valence-electron chi connectivity index (χ3n) is 1.16. The summed E-state index contributed by atoms with van der Waals surface area (Å²) in [6.07, 6.45) is 0. The van der Waals surface area contributed by atoms with Crippen molar-refractivity contribution >= 4 is 17.5 Å². The number of nitrogens with zero attached hydrogens (tertiary/aromatic N) is 2. The Morgan fingerprint density at radius 2 is 2.45 bits per heavy atom. The number of hydrogen-bond acceptors (Lipinski definition) is 4. The van der Waals surface area contributed by atoms with Crippen LogP contribution < -0.4 is 0 Å². The van der Waals surface area contributed by atoms with Crippen LogP contribution in [0, 0.1) is 10.7 Å². The van der Waals surface area contributed by atoms with Gasteiger partial charge in [-0.05, 0) is 32.5 Å². The van der Waals surface area contributed by atoms with E-state index < -0.39 is 0 Å². The lowest BCUT2D eigenvalue weighted by molar-refractivity contribution is 0.158. The molecule has 4 heteroatoms. The Morgan fingerprint density at radius 1 is 1.82 bits per heavy atom. The minimum absolute atomic E-state index is 0.117. The zero-order chi connectivity index (χ0) is 8.69. The van der Waals surface area contributed by atoms with Crippen molar-refractivity contribution in [3.05, 3.63) is 0 Å². The lowest BCUT2D eigenvalue weighted by atomic mass is 10.3. The highest BCUT2D eigenvalue weighted by atomic mass is 32.2. The average Bonchev–Trinajstić information content (AvgIpc) is 2.00. The predicted octanol–water partition coefficient (Wildman–Crippen LogP) is 2.00. The number of nitriles is 1. The predicted molar refractivity (Wildman–Crippen MR) is 47.4 cm³/mol. The van der Waals surface area contributed by atoms with Crippen molar-refractivity contribution in [3.8, 4) is 5.40 Å². The van der Waals surface area contributed by atoms with Gasteiger partial charge >= 0.3 is 0 Å². The second kappa shape index (κ2) is 6.05. The summed E-state index contributed by atoms with van der Waals surface area (Å²) in [5.41, 5.74) is 0.846. The molecule has 0 saturated carbocycles. The molecule has 0 rings (SSSR count). The first-order chi connectivity index (χ1) is 5.22. The number of thioether (sulfide) groups is 1. The van der Waals surface area contributed by atoms with Crippen molar-refractivity contribution in [1.29, 1.82) is 5.26 Å². The van der Waals surface area contributed by atoms with E-state index in [0.29, 0.717) is 6.61 Å². The number of rotatable bonds is 4. The van der Waals surface area contributed by atoms with Crippen LogP contribution in [0.5, 0.6) is 0 Å². The molecule has 62 valence electrons. The lowest BCUT2D eigenvalue weighted by Crippen LogP contribution is -2.08. The third-order valence-corrected chi connectivity index (χ3v) is 1.96. The van der Waals surface area contributed by atoms with Crippen molar-refractivity contribution in [2.75, 3.05) is 6.61 Å². The van der Waals surface area contributed by atoms with E-state index in [9.17, 15) is 0 Å². The van der Waals surface area contributed by atoms with E-state index in [1.54, 1.807) is 0 Å². The minimum Gasteiger partial charge on any atom is -0.396 e. The molecular formula is C7H12N2OS. The fourth-order valence-electron chi connectivity index (χ4n) is 0.405. The van der Waals surface area contributed by atoms with Gasteiger partial charge in [0.1, 0.15) is 12.0 Å². The molecule has 0 fully saturated rings. The summed E-state index contributed by atoms with van der Waals surface area (Å²) in [6.45, 7) is 6.22. The molecule has 0 aliphatic carbocycles. The quantitative estimate of drug-likeness (QED) is 0.370. The smallest absolute Gasteiger partial charge is 0.134 e. The number of hydrogen-bond donors (Lipinski definition) is 0. The van der Waals surface area contributed by atoms with Gasteiger partial charge in [0.15, 0.2) is 0 Å². The van der Waals surface area contributed by atoms with Crippen LogP contribution in [-0.2, 0) is 4.84 Å². The summed E-state index contributed by atoms with van der Waals surface area (Å²) in [6, 6.07) is 0. The summed E-state index contributed by atoms with van der Waals surface area (Å²) >= 11 is 1.18. The Hall–Kier alpha value is -0.690. The van der Waals surface area contributed by atoms with E-state index in [-0.39, 0.29) is 5.25 Å². The Balaban J connectivity index is 3.81. The van der Waals surface area contributed by atoms with Crippen LogP contribution in [0.3, 0.4) is 0 Å². The Kier molecular flexibility index (Phi) is 5.67. The summed E-state index contributed by atoms with van der Waals surface area (Å²) in [5.74, 6) is 0. The molecular weight excluding hydrogens is 160 g/mol. The maximum atomic E-state index is 8.33. The molecule has 0 aliphatic rings. The molecule has 0 aromatic carbocycles. The minimum atomic E-state index is 0.117. The van der Waals surface area contributed by atoms with Gasteiger partial charge in [-0.25, -0.2) is 0 Å². The van der Waals surface area contributed by atoms with Crippen LogP contribution in [-0.4, -0.2) is 17.6 Å². The van der Waals surface area contributed by atoms with Crippen LogP contribution in [0.25, 0.3) is 0 Å². The van der Waals surface area contributed by atoms with Crippen molar-refractivity contribution in [1.82, 2.24) is 0 Å². The molecule has 3 nitrogen and oxygen atoms in total. The van der Waals surface area contributed by atoms with Crippen molar-refractivity contribution in [3.63, 3.8) is 0 Å². The maximum absolute atomic E-state index is 8.33. The fourth-order valence-corrected chi connectivity index (χ4v) is 0.777. The number of thiocyanates is 1. The van der Waals surface area contributed by atoms with Crippen molar-refractivity contribution in [2.24, 2.45) is 5.16 Å². The van der Waals surface area contributed by atoms with Crippen molar-refractivity contribution < 1.29 is 4.84 Å². The molecule has 0 amide bonds. The van der Waals surface area contributed by atoms with Gasteiger partial charge in [0.2, 0.25) is 0 Å². The monoisotopic (exact) mass is 172 g/mol. The SMILES string of the molecule is CCO/N=C(/C)C(C)SC#N. The summed E-state index contributed by atoms with van der Waals surface area (Å²) in [4.78, 5) is 4.83. The van der Waals surface area contributed by atoms with Gasteiger partial charge < -0.3 is 4.84 Å². The Bertz CT molecular complexity index is 174. The zero-order valence-corrected chi connectivity index (χ0v) is 7.81. The molecule has 0 aromatic heterocycles. The fraction of sp³-hybridized carbons (Fsp3) is 0.714. The van der Waals surface area contributed by atoms with Gasteiger partial charge in [0, 0.05) is 0 Å². The molecule has 11 heavy (non-hydrogen) atoms. The standard InChI is InChI=1S/C7H12N2OS/c1-4-10-9-6(2)7(3)11-5-8/h7H,4H2,1-3H3/b9-6-. The van der Waals surface area contributed by atoms with Crippen LogP contribution in [0.1, 0.15) is 20.8 Å². The lowest BCUT2D eigenvalue weighted by Gasteiger charge is -2.03. The molecule has 0 N–H and O–H groups in total. The van der Waals surface area contributed by atoms with Crippen LogP contribution >= 0.6 is 11.8 Å². The Labute approximate surface area is 71.4 Å². The van der Waals surface area contributed by atoms with Crippen LogP contribution in [0.2, 0.25) is 0 Å². The second-order valence-electron chi connectivity index (χ2n) is 2.00. The molecule has 0 aromatic rings. The topological polar surface area (TPSA) is 45.4 Å². The maximum Gasteiger partial charge on any atom is 0.134 e. The molecule has 1 atom stereocenters. The first kappa shape index (κ1) is 10.3. The molecule has 1 unspecified atom stereocenters. The number of oxime groups is 1. The molecule has 0 spiro atoms. The highest BCUT2D eigenvalue weighted by Gasteiger charge is 2.05. The van der Waals surface area contributed by atoms with Crippen LogP contribution in [0.4, 0.5) is 0 Å². The van der Waals surface area contributed by atoms with E-state index in [0.717, 1.165) is 5.71 Å². The first-order valence-corrected chi connectivity index (χ1v) is 4.31. The van der Waals surface area contributed by atoms with E-state index >= 15 is 0 Å². The summed E-state index contributed by atoms with van der Waals surface area (Å²) in [7, 11) is 0. The van der Waals surface area contributed by atoms with Gasteiger partial charge in [0.05, 0.1) is 11.0 Å². The highest BCUT2D eigenvalue weighted by molar-refractivity contribution is 8.04. The van der Waals surface area contributed by atoms with E-state index in [1.165, 1.54) is 11.8 Å². The second-order valence-corrected chi connectivity index (χ2v) is 3.13. The van der Waals surface area contributed by atoms with Gasteiger partial charge in [0.25, 0.3) is 0 Å². The third kappa shape index (κ3) is 4.68. The zero-order valence-electron chi connectivity index (χ0n) is 7.00. The average molecular weight is 172 g/mol. The molecule has 0 saturated heterocycles. The highest BCUT2D eigenvalue weighted by Crippen LogP contribution is 2.09. The van der Waals surface area contributed by atoms with Crippen molar-refractivity contribution in [2.45, 2.75) is 26.0 Å².